The summed E-state index contributed by atoms with van der Waals surface area (Å²) in [7, 11) is -6.86. The highest BCUT2D eigenvalue weighted by Crippen LogP contribution is 2.47. The fourth-order valence-corrected chi connectivity index (χ4v) is 8.69. The third kappa shape index (κ3) is 8.55. The van der Waals surface area contributed by atoms with Crippen LogP contribution >= 0.6 is 0 Å². The van der Waals surface area contributed by atoms with E-state index in [4.69, 9.17) is 32.8 Å². The third-order valence-electron chi connectivity index (χ3n) is 11.7. The minimum Gasteiger partial charge on any atom is -0.414 e. The van der Waals surface area contributed by atoms with Gasteiger partial charge in [0.1, 0.15) is 18.3 Å². The fourth-order valence-electron chi connectivity index (χ4n) is 5.07. The molecule has 0 bridgehead atoms. The van der Waals surface area contributed by atoms with Crippen LogP contribution in [0.15, 0.2) is 35.5 Å². The summed E-state index contributed by atoms with van der Waals surface area (Å²) < 4.78 is 31.8. The second-order valence-electron chi connectivity index (χ2n) is 18.9. The number of nitrogens with zero attached hydrogens (tertiary/aromatic N) is 5. The lowest BCUT2D eigenvalue weighted by Gasteiger charge is -2.44. The zero-order valence-corrected chi connectivity index (χ0v) is 36.6. The Hall–Kier alpha value is -2.41. The van der Waals surface area contributed by atoms with Crippen LogP contribution in [0.4, 0.5) is 5.95 Å². The van der Waals surface area contributed by atoms with E-state index >= 15 is 0 Å². The monoisotopic (exact) mass is 758 g/mol. The molecule has 1 N–H and O–H groups in total. The van der Waals surface area contributed by atoms with Gasteiger partial charge in [0.2, 0.25) is 5.95 Å². The standard InChI is InChI=1S/C36H62N6O6Si3/c1-34(2,3)49(10,11)44-22-25-28(47-50(12,13)35(4,5)6)29(48-51(14,15)36(7,8)9)32(45-25)41-23-37-27-30(41)39-33(38-24-19-20-24)40-31(27)46-42-21-17-16-18-26(42)43/h16-18,21,23-25,28-29,32H,19-20,22H2,1-15H3,(H,38,39,40)/t25-,28-,29-,32-/m1/s1. The maximum Gasteiger partial charge on any atom is 0.283 e. The topological polar surface area (TPSA) is 124 Å². The predicted octanol–water partition coefficient (Wildman–Crippen LogP) is 8.10. The van der Waals surface area contributed by atoms with E-state index in [0.717, 1.165) is 17.6 Å². The average Bonchev–Trinajstić information content (AvgIpc) is 3.61. The van der Waals surface area contributed by atoms with E-state index in [9.17, 15) is 4.79 Å². The Morgan fingerprint density at radius 2 is 1.43 bits per heavy atom. The fraction of sp³-hybridized carbons (Fsp3) is 0.722. The van der Waals surface area contributed by atoms with Gasteiger partial charge in [-0.3, -0.25) is 9.36 Å². The molecule has 4 heterocycles. The first-order valence-electron chi connectivity index (χ1n) is 18.3. The van der Waals surface area contributed by atoms with Gasteiger partial charge in [0.05, 0.1) is 12.9 Å². The SMILES string of the molecule is CC(C)(C)[Si](C)(C)OC[C@H]1O[C@@H](n2cnc3c(On4ccccc4=O)nc(NC4CC4)nc32)[C@H](O[Si](C)(C)C(C)(C)C)[C@@H]1O[Si](C)(C)C(C)(C)C. The summed E-state index contributed by atoms with van der Waals surface area (Å²) in [6, 6.07) is 5.11. The van der Waals surface area contributed by atoms with Gasteiger partial charge >= 0.3 is 0 Å². The predicted molar refractivity (Wildman–Crippen MR) is 210 cm³/mol. The van der Waals surface area contributed by atoms with E-state index < -0.39 is 49.5 Å². The first kappa shape index (κ1) is 39.8. The molecule has 1 saturated heterocycles. The van der Waals surface area contributed by atoms with Crippen molar-refractivity contribution in [3.63, 3.8) is 0 Å². The van der Waals surface area contributed by atoms with Gasteiger partial charge in [-0.2, -0.15) is 9.97 Å². The second-order valence-corrected chi connectivity index (χ2v) is 33.2. The molecular weight excluding hydrogens is 697 g/mol. The molecule has 0 amide bonds. The highest BCUT2D eigenvalue weighted by molar-refractivity contribution is 6.75. The van der Waals surface area contributed by atoms with Gasteiger partial charge in [0.15, 0.2) is 42.3 Å². The molecule has 4 atom stereocenters. The highest BCUT2D eigenvalue weighted by atomic mass is 28.4. The van der Waals surface area contributed by atoms with Crippen LogP contribution in [-0.4, -0.2) is 80.2 Å². The number of fused-ring (bicyclic) bond motifs is 1. The zero-order chi connectivity index (χ0) is 37.9. The molecule has 2 aliphatic rings. The molecular formula is C36H62N6O6Si3. The number of rotatable bonds is 12. The van der Waals surface area contributed by atoms with Crippen LogP contribution in [-0.2, 0) is 18.0 Å². The highest BCUT2D eigenvalue weighted by Gasteiger charge is 2.55. The number of hydrogen-bond donors (Lipinski definition) is 1. The van der Waals surface area contributed by atoms with Crippen molar-refractivity contribution >= 4 is 42.1 Å². The van der Waals surface area contributed by atoms with E-state index in [-0.39, 0.29) is 32.6 Å². The Morgan fingerprint density at radius 3 is 1.98 bits per heavy atom. The van der Waals surface area contributed by atoms with Gasteiger partial charge in [-0.25, -0.2) is 4.98 Å². The van der Waals surface area contributed by atoms with E-state index in [0.29, 0.717) is 23.7 Å². The number of ether oxygens (including phenoxy) is 1. The summed E-state index contributed by atoms with van der Waals surface area (Å²) >= 11 is 0. The van der Waals surface area contributed by atoms with Crippen molar-refractivity contribution in [2.45, 2.75) is 160 Å². The van der Waals surface area contributed by atoms with Gasteiger partial charge in [0.25, 0.3) is 11.4 Å². The molecule has 5 rings (SSSR count). The van der Waals surface area contributed by atoms with E-state index in [1.807, 2.05) is 4.57 Å². The number of aromatic nitrogens is 5. The van der Waals surface area contributed by atoms with Crippen molar-refractivity contribution in [1.82, 2.24) is 24.2 Å². The minimum atomic E-state index is -2.38. The van der Waals surface area contributed by atoms with Gasteiger partial charge in [0, 0.05) is 18.3 Å². The molecule has 51 heavy (non-hydrogen) atoms. The van der Waals surface area contributed by atoms with Gasteiger partial charge in [-0.1, -0.05) is 68.4 Å². The molecule has 1 aliphatic carbocycles. The Bertz CT molecular complexity index is 1750. The summed E-state index contributed by atoms with van der Waals surface area (Å²) in [6.45, 7) is 34.2. The van der Waals surface area contributed by atoms with E-state index in [1.165, 1.54) is 6.07 Å². The molecule has 3 aromatic rings. The van der Waals surface area contributed by atoms with Crippen LogP contribution in [0.1, 0.15) is 81.4 Å². The first-order valence-corrected chi connectivity index (χ1v) is 27.1. The molecule has 2 fully saturated rings. The number of pyridine rings is 1. The third-order valence-corrected chi connectivity index (χ3v) is 25.2. The molecule has 3 aromatic heterocycles. The van der Waals surface area contributed by atoms with Gasteiger partial charge in [-0.15, -0.1) is 4.73 Å². The number of nitrogens with one attached hydrogen (secondary N) is 1. The summed E-state index contributed by atoms with van der Waals surface area (Å²) in [5.41, 5.74) is 0.597. The lowest BCUT2D eigenvalue weighted by atomic mass is 10.1. The van der Waals surface area contributed by atoms with Crippen LogP contribution in [0.2, 0.25) is 54.4 Å². The Morgan fingerprint density at radius 1 is 0.843 bits per heavy atom. The molecule has 1 aliphatic heterocycles. The Balaban J connectivity index is 1.65. The molecule has 0 radical (unpaired) electrons. The molecule has 0 spiro atoms. The van der Waals surface area contributed by atoms with Crippen molar-refractivity contribution in [3.8, 4) is 5.88 Å². The number of imidazole rings is 1. The van der Waals surface area contributed by atoms with Crippen molar-refractivity contribution in [3.05, 3.63) is 41.1 Å². The molecule has 15 heteroatoms. The van der Waals surface area contributed by atoms with Gasteiger partial charge < -0.3 is 28.2 Å². The average molecular weight is 759 g/mol. The molecule has 1 saturated carbocycles. The second kappa shape index (κ2) is 13.8. The van der Waals surface area contributed by atoms with Crippen LogP contribution < -0.4 is 15.7 Å². The summed E-state index contributed by atoms with van der Waals surface area (Å²) in [5.74, 6) is 0.569. The molecule has 0 aromatic carbocycles. The number of anilines is 1. The van der Waals surface area contributed by atoms with Crippen LogP contribution in [0.25, 0.3) is 11.2 Å². The maximum atomic E-state index is 12.7. The zero-order valence-electron chi connectivity index (χ0n) is 33.6. The van der Waals surface area contributed by atoms with Crippen LogP contribution in [0.5, 0.6) is 5.88 Å². The summed E-state index contributed by atoms with van der Waals surface area (Å²) in [6.07, 6.45) is 3.40. The van der Waals surface area contributed by atoms with E-state index in [2.05, 4.69) is 112 Å². The smallest absolute Gasteiger partial charge is 0.283 e. The normalized spacial score (nSPS) is 22.5. The lowest BCUT2D eigenvalue weighted by molar-refractivity contribution is -0.0470. The van der Waals surface area contributed by atoms with Crippen LogP contribution in [0, 0.1) is 0 Å². The quantitative estimate of drug-likeness (QED) is 0.181. The van der Waals surface area contributed by atoms with Crippen molar-refractivity contribution in [2.75, 3.05) is 11.9 Å². The van der Waals surface area contributed by atoms with Gasteiger partial charge in [-0.05, 0) is 73.3 Å². The maximum absolute atomic E-state index is 12.7. The van der Waals surface area contributed by atoms with Crippen LogP contribution in [0.3, 0.4) is 0 Å². The number of hydrogen-bond acceptors (Lipinski definition) is 10. The van der Waals surface area contributed by atoms with Crippen molar-refractivity contribution < 1.29 is 22.9 Å². The van der Waals surface area contributed by atoms with E-state index in [1.54, 1.807) is 24.7 Å². The van der Waals surface area contributed by atoms with Crippen molar-refractivity contribution in [1.29, 1.82) is 0 Å². The molecule has 284 valence electrons. The molecule has 12 nitrogen and oxygen atoms in total. The first-order chi connectivity index (χ1) is 23.3. The minimum absolute atomic E-state index is 0.0252. The lowest BCUT2D eigenvalue weighted by Crippen LogP contribution is -2.54. The summed E-state index contributed by atoms with van der Waals surface area (Å²) in [5, 5.41) is 3.32. The molecule has 0 unspecified atom stereocenters. The van der Waals surface area contributed by atoms with Crippen molar-refractivity contribution in [2.24, 2.45) is 0 Å². The largest absolute Gasteiger partial charge is 0.414 e. The Labute approximate surface area is 307 Å². The Kier molecular flexibility index (Phi) is 10.7. The summed E-state index contributed by atoms with van der Waals surface area (Å²) in [4.78, 5) is 33.2.